The second-order valence-corrected chi connectivity index (χ2v) is 7.19. The van der Waals surface area contributed by atoms with Gasteiger partial charge in [-0.2, -0.15) is 5.10 Å². The second kappa shape index (κ2) is 9.64. The Bertz CT molecular complexity index is 774. The van der Waals surface area contributed by atoms with Gasteiger partial charge in [0.15, 0.2) is 5.82 Å². The zero-order valence-electron chi connectivity index (χ0n) is 17.0. The Labute approximate surface area is 166 Å². The number of hydrogen-bond acceptors (Lipinski definition) is 6. The van der Waals surface area contributed by atoms with Crippen LogP contribution in [-0.2, 0) is 6.42 Å². The fourth-order valence-corrected chi connectivity index (χ4v) is 3.71. The first-order valence-corrected chi connectivity index (χ1v) is 10.1. The highest BCUT2D eigenvalue weighted by molar-refractivity contribution is 5.95. The van der Waals surface area contributed by atoms with Gasteiger partial charge in [0.25, 0.3) is 5.91 Å². The monoisotopic (exact) mass is 386 g/mol. The molecule has 0 unspecified atom stereocenters. The van der Waals surface area contributed by atoms with Crippen molar-refractivity contribution in [2.75, 3.05) is 26.7 Å². The second-order valence-electron chi connectivity index (χ2n) is 7.19. The molecule has 28 heavy (non-hydrogen) atoms. The van der Waals surface area contributed by atoms with E-state index in [0.29, 0.717) is 36.3 Å². The number of piperidine rings is 1. The number of nitrogens with zero attached hydrogens (tertiary/aromatic N) is 5. The molecule has 1 aliphatic rings. The van der Waals surface area contributed by atoms with Gasteiger partial charge >= 0.3 is 0 Å². The molecule has 1 saturated heterocycles. The maximum Gasteiger partial charge on any atom is 0.254 e. The molecule has 2 aromatic rings. The molecule has 0 aliphatic carbocycles. The highest BCUT2D eigenvalue weighted by Crippen LogP contribution is 2.17. The number of amides is 1. The van der Waals surface area contributed by atoms with Gasteiger partial charge in [-0.25, -0.2) is 4.68 Å². The van der Waals surface area contributed by atoms with E-state index < -0.39 is 0 Å². The molecule has 8 nitrogen and oxygen atoms in total. The third-order valence-electron chi connectivity index (χ3n) is 5.35. The SMILES string of the molecule is CCc1c(C(=O)NCCCN2CCCC[C@H]2C)cnn1-c1ccc(OC)nn1. The van der Waals surface area contributed by atoms with E-state index in [1.807, 2.05) is 6.92 Å². The molecule has 1 N–H and O–H groups in total. The first-order chi connectivity index (χ1) is 13.6. The van der Waals surface area contributed by atoms with Gasteiger partial charge in [0, 0.05) is 25.2 Å². The lowest BCUT2D eigenvalue weighted by Gasteiger charge is -2.33. The van der Waals surface area contributed by atoms with E-state index in [1.54, 1.807) is 30.1 Å². The number of hydrogen-bond donors (Lipinski definition) is 1. The number of rotatable bonds is 8. The quantitative estimate of drug-likeness (QED) is 0.700. The first kappa shape index (κ1) is 20.3. The standard InChI is InChI=1S/C20H30N6O2/c1-4-17-16(14-22-26(17)18-9-10-19(28-3)24-23-18)20(27)21-11-7-13-25-12-6-5-8-15(25)2/h9-10,14-15H,4-8,11-13H2,1-3H3,(H,21,27)/t15-/m1/s1. The number of likely N-dealkylation sites (tertiary alicyclic amines) is 1. The average molecular weight is 387 g/mol. The Balaban J connectivity index is 1.58. The number of carbonyl (C=O) groups is 1. The van der Waals surface area contributed by atoms with Crippen molar-refractivity contribution in [3.63, 3.8) is 0 Å². The summed E-state index contributed by atoms with van der Waals surface area (Å²) in [5, 5.41) is 15.5. The molecule has 152 valence electrons. The van der Waals surface area contributed by atoms with E-state index >= 15 is 0 Å². The summed E-state index contributed by atoms with van der Waals surface area (Å²) >= 11 is 0. The van der Waals surface area contributed by atoms with Gasteiger partial charge < -0.3 is 15.0 Å². The molecule has 1 fully saturated rings. The van der Waals surface area contributed by atoms with Crippen LogP contribution in [-0.4, -0.2) is 63.6 Å². The van der Waals surface area contributed by atoms with Crippen LogP contribution in [0.3, 0.4) is 0 Å². The van der Waals surface area contributed by atoms with E-state index in [-0.39, 0.29) is 5.91 Å². The van der Waals surface area contributed by atoms with E-state index in [4.69, 9.17) is 4.74 Å². The van der Waals surface area contributed by atoms with E-state index in [1.165, 1.54) is 25.8 Å². The molecule has 0 aromatic carbocycles. The van der Waals surface area contributed by atoms with Gasteiger partial charge in [-0.15, -0.1) is 10.2 Å². The summed E-state index contributed by atoms with van der Waals surface area (Å²) in [6, 6.07) is 4.16. The summed E-state index contributed by atoms with van der Waals surface area (Å²) in [6.07, 6.45) is 7.12. The molecule has 8 heteroatoms. The van der Waals surface area contributed by atoms with Gasteiger partial charge in [-0.3, -0.25) is 4.79 Å². The lowest BCUT2D eigenvalue weighted by atomic mass is 10.0. The maximum atomic E-state index is 12.7. The molecular formula is C20H30N6O2. The lowest BCUT2D eigenvalue weighted by molar-refractivity contribution is 0.0948. The zero-order valence-corrected chi connectivity index (χ0v) is 17.0. The Morgan fingerprint density at radius 2 is 2.18 bits per heavy atom. The molecule has 1 atom stereocenters. The Morgan fingerprint density at radius 1 is 1.32 bits per heavy atom. The molecule has 0 saturated carbocycles. The van der Waals surface area contributed by atoms with Crippen LogP contribution >= 0.6 is 0 Å². The third kappa shape index (κ3) is 4.67. The molecule has 0 radical (unpaired) electrons. The predicted octanol–water partition coefficient (Wildman–Crippen LogP) is 2.23. The van der Waals surface area contributed by atoms with E-state index in [9.17, 15) is 4.79 Å². The molecule has 0 bridgehead atoms. The Kier molecular flexibility index (Phi) is 6.97. The molecule has 3 rings (SSSR count). The average Bonchev–Trinajstić information content (AvgIpc) is 3.16. The van der Waals surface area contributed by atoms with Crippen molar-refractivity contribution in [1.82, 2.24) is 30.2 Å². The van der Waals surface area contributed by atoms with Gasteiger partial charge in [0.2, 0.25) is 5.88 Å². The van der Waals surface area contributed by atoms with Crippen LogP contribution in [0, 0.1) is 0 Å². The summed E-state index contributed by atoms with van der Waals surface area (Å²) in [5.74, 6) is 0.919. The van der Waals surface area contributed by atoms with E-state index in [0.717, 1.165) is 18.7 Å². The zero-order chi connectivity index (χ0) is 19.9. The summed E-state index contributed by atoms with van der Waals surface area (Å²) < 4.78 is 6.70. The first-order valence-electron chi connectivity index (χ1n) is 10.1. The largest absolute Gasteiger partial charge is 0.480 e. The number of ether oxygens (including phenoxy) is 1. The highest BCUT2D eigenvalue weighted by atomic mass is 16.5. The van der Waals surface area contributed by atoms with Crippen LogP contribution in [0.25, 0.3) is 5.82 Å². The van der Waals surface area contributed by atoms with Crippen LogP contribution in [0.5, 0.6) is 5.88 Å². The van der Waals surface area contributed by atoms with E-state index in [2.05, 4.69) is 32.4 Å². The molecule has 3 heterocycles. The fraction of sp³-hybridized carbons (Fsp3) is 0.600. The molecule has 2 aromatic heterocycles. The topological polar surface area (TPSA) is 85.2 Å². The van der Waals surface area contributed by atoms with Gasteiger partial charge in [-0.1, -0.05) is 13.3 Å². The normalized spacial score (nSPS) is 17.5. The summed E-state index contributed by atoms with van der Waals surface area (Å²) in [7, 11) is 1.55. The van der Waals surface area contributed by atoms with Gasteiger partial charge in [-0.05, 0) is 45.2 Å². The van der Waals surface area contributed by atoms with Crippen LogP contribution in [0.1, 0.15) is 55.6 Å². The van der Waals surface area contributed by atoms with Gasteiger partial charge in [0.05, 0.1) is 24.6 Å². The van der Waals surface area contributed by atoms with Gasteiger partial charge in [0.1, 0.15) is 0 Å². The minimum absolute atomic E-state index is 0.0868. The van der Waals surface area contributed by atoms with Crippen molar-refractivity contribution < 1.29 is 9.53 Å². The van der Waals surface area contributed by atoms with Crippen LogP contribution in [0.4, 0.5) is 0 Å². The van der Waals surface area contributed by atoms with Crippen molar-refractivity contribution in [3.8, 4) is 11.7 Å². The Morgan fingerprint density at radius 3 is 2.86 bits per heavy atom. The highest BCUT2D eigenvalue weighted by Gasteiger charge is 2.19. The Hall–Kier alpha value is -2.48. The van der Waals surface area contributed by atoms with Crippen molar-refractivity contribution >= 4 is 5.91 Å². The predicted molar refractivity (Wildman–Crippen MR) is 107 cm³/mol. The number of nitrogens with one attached hydrogen (secondary N) is 1. The minimum Gasteiger partial charge on any atom is -0.480 e. The fourth-order valence-electron chi connectivity index (χ4n) is 3.71. The van der Waals surface area contributed by atoms with Crippen LogP contribution in [0.15, 0.2) is 18.3 Å². The minimum atomic E-state index is -0.0868. The maximum absolute atomic E-state index is 12.7. The van der Waals surface area contributed by atoms with Crippen molar-refractivity contribution in [2.24, 2.45) is 0 Å². The van der Waals surface area contributed by atoms with Crippen molar-refractivity contribution in [2.45, 2.75) is 52.0 Å². The van der Waals surface area contributed by atoms with Crippen LogP contribution < -0.4 is 10.1 Å². The number of aromatic nitrogens is 4. The van der Waals surface area contributed by atoms with Crippen molar-refractivity contribution in [1.29, 1.82) is 0 Å². The molecule has 1 amide bonds. The molecular weight excluding hydrogens is 356 g/mol. The summed E-state index contributed by atoms with van der Waals surface area (Å²) in [4.78, 5) is 15.2. The summed E-state index contributed by atoms with van der Waals surface area (Å²) in [5.41, 5.74) is 1.41. The number of carbonyl (C=O) groups excluding carboxylic acids is 1. The molecule has 1 aliphatic heterocycles. The number of methoxy groups -OCH3 is 1. The molecule has 0 spiro atoms. The van der Waals surface area contributed by atoms with Crippen LogP contribution in [0.2, 0.25) is 0 Å². The smallest absolute Gasteiger partial charge is 0.254 e. The third-order valence-corrected chi connectivity index (χ3v) is 5.35. The van der Waals surface area contributed by atoms with Crippen molar-refractivity contribution in [3.05, 3.63) is 29.6 Å². The lowest BCUT2D eigenvalue weighted by Crippen LogP contribution is -2.39. The summed E-state index contributed by atoms with van der Waals surface area (Å²) in [6.45, 7) is 7.16.